The first kappa shape index (κ1) is 43.1. The van der Waals surface area contributed by atoms with E-state index < -0.39 is 60.1 Å². The number of hydrogen-bond acceptors (Lipinski definition) is 11. The molecule has 4 atom stereocenters. The molecule has 19 nitrogen and oxygen atoms in total. The molecule has 50 heavy (non-hydrogen) atoms. The summed E-state index contributed by atoms with van der Waals surface area (Å²) in [5.74, 6) is -6.16. The van der Waals surface area contributed by atoms with Gasteiger partial charge in [0.05, 0.1) is 31.7 Å². The normalized spacial score (nSPS) is 13.4. The third-order valence-corrected chi connectivity index (χ3v) is 7.05. The van der Waals surface area contributed by atoms with Crippen LogP contribution in [0.25, 0.3) is 0 Å². The van der Waals surface area contributed by atoms with Gasteiger partial charge in [-0.1, -0.05) is 27.7 Å². The summed E-state index contributed by atoms with van der Waals surface area (Å²) in [6, 6.07) is -3.55. The lowest BCUT2D eigenvalue weighted by atomic mass is 9.99. The molecule has 0 aromatic carbocycles. The lowest BCUT2D eigenvalue weighted by molar-refractivity contribution is -0.145. The second-order valence-electron chi connectivity index (χ2n) is 12.4. The van der Waals surface area contributed by atoms with Gasteiger partial charge in [0, 0.05) is 25.2 Å². The Hall–Kier alpha value is -4.88. The van der Waals surface area contributed by atoms with Crippen molar-refractivity contribution in [1.82, 2.24) is 46.5 Å². The summed E-state index contributed by atoms with van der Waals surface area (Å²) in [6.07, 6.45) is 2.32. The van der Waals surface area contributed by atoms with Crippen molar-refractivity contribution in [3.8, 4) is 0 Å². The summed E-state index contributed by atoms with van der Waals surface area (Å²) in [4.78, 5) is 99.8. The number of ketones is 1. The van der Waals surface area contributed by atoms with Gasteiger partial charge in [0.2, 0.25) is 0 Å². The third-order valence-electron chi connectivity index (χ3n) is 7.05. The van der Waals surface area contributed by atoms with Crippen LogP contribution in [0.15, 0.2) is 12.7 Å². The fourth-order valence-electron chi connectivity index (χ4n) is 4.77. The number of amides is 4. The molecule has 0 aliphatic rings. The Labute approximate surface area is 294 Å². The van der Waals surface area contributed by atoms with Gasteiger partial charge in [0.25, 0.3) is 23.6 Å². The van der Waals surface area contributed by atoms with Crippen LogP contribution in [0.5, 0.6) is 0 Å². The van der Waals surface area contributed by atoms with Gasteiger partial charge in [-0.05, 0) is 31.6 Å². The molecular formula is C30H47ClN10O9. The monoisotopic (exact) mass is 726 g/mol. The Morgan fingerprint density at radius 1 is 0.740 bits per heavy atom. The highest BCUT2D eigenvalue weighted by molar-refractivity contribution is 6.07. The molecule has 0 fully saturated rings. The zero-order valence-electron chi connectivity index (χ0n) is 28.5. The number of rotatable bonds is 21. The fraction of sp³-hybridized carbons (Fsp3) is 0.567. The average molecular weight is 727 g/mol. The van der Waals surface area contributed by atoms with E-state index in [-0.39, 0.29) is 78.5 Å². The predicted octanol–water partition coefficient (Wildman–Crippen LogP) is -0.563. The van der Waals surface area contributed by atoms with Crippen LogP contribution in [0.1, 0.15) is 95.8 Å². The van der Waals surface area contributed by atoms with Gasteiger partial charge in [0.1, 0.15) is 17.4 Å². The highest BCUT2D eigenvalue weighted by atomic mass is 35.5. The van der Waals surface area contributed by atoms with Gasteiger partial charge in [-0.3, -0.25) is 28.8 Å². The van der Waals surface area contributed by atoms with Gasteiger partial charge in [-0.15, -0.1) is 12.4 Å². The maximum atomic E-state index is 13.2. The Bertz CT molecular complexity index is 1490. The van der Waals surface area contributed by atoms with Crippen molar-refractivity contribution in [2.75, 3.05) is 19.6 Å². The predicted molar refractivity (Wildman–Crippen MR) is 181 cm³/mol. The number of carboxylic acids is 2. The minimum absolute atomic E-state index is 0. The number of carbonyl (C=O) groups is 7. The van der Waals surface area contributed by atoms with Crippen LogP contribution < -0.4 is 32.3 Å². The number of nitrogens with one attached hydrogen (secondary N) is 7. The van der Waals surface area contributed by atoms with E-state index in [1.165, 1.54) is 6.33 Å². The third kappa shape index (κ3) is 13.6. The van der Waals surface area contributed by atoms with Crippen molar-refractivity contribution >= 4 is 53.8 Å². The van der Waals surface area contributed by atoms with Crippen LogP contribution in [0.3, 0.4) is 0 Å². The maximum absolute atomic E-state index is 13.2. The van der Waals surface area contributed by atoms with Crippen molar-refractivity contribution in [2.24, 2.45) is 17.6 Å². The lowest BCUT2D eigenvalue weighted by Crippen LogP contribution is -2.48. The lowest BCUT2D eigenvalue weighted by Gasteiger charge is -2.21. The minimum Gasteiger partial charge on any atom is -0.481 e. The molecule has 0 aliphatic carbocycles. The van der Waals surface area contributed by atoms with Crippen molar-refractivity contribution in [3.63, 3.8) is 0 Å². The molecule has 2 aromatic rings. The molecule has 0 spiro atoms. The van der Waals surface area contributed by atoms with E-state index in [1.54, 1.807) is 6.92 Å². The maximum Gasteiger partial charge on any atom is 0.326 e. The van der Waals surface area contributed by atoms with Gasteiger partial charge in [0.15, 0.2) is 17.2 Å². The number of carbonyl (C=O) groups excluding carboxylic acids is 5. The number of aromatic amines is 2. The number of Topliss-reactive ketones (excluding diaryl/α,β-unsaturated/α-hetero) is 1. The number of aliphatic carboxylic acids is 2. The zero-order valence-corrected chi connectivity index (χ0v) is 29.3. The Balaban J connectivity index is 0.0000125. The van der Waals surface area contributed by atoms with Crippen molar-refractivity contribution < 1.29 is 43.8 Å². The van der Waals surface area contributed by atoms with E-state index in [4.69, 9.17) is 10.8 Å². The van der Waals surface area contributed by atoms with Crippen LogP contribution in [-0.4, -0.2) is 115 Å². The summed E-state index contributed by atoms with van der Waals surface area (Å²) < 4.78 is 0. The largest absolute Gasteiger partial charge is 0.481 e. The highest BCUT2D eigenvalue weighted by Gasteiger charge is 2.29. The quantitative estimate of drug-likeness (QED) is 0.0772. The van der Waals surface area contributed by atoms with Crippen molar-refractivity contribution in [1.29, 1.82) is 0 Å². The number of nitrogens with two attached hydrogens (primary N) is 1. The topological polar surface area (TPSA) is 303 Å². The Morgan fingerprint density at radius 2 is 1.24 bits per heavy atom. The van der Waals surface area contributed by atoms with E-state index in [0.717, 1.165) is 6.33 Å². The second kappa shape index (κ2) is 20.6. The summed E-state index contributed by atoms with van der Waals surface area (Å²) >= 11 is 0. The first-order valence-electron chi connectivity index (χ1n) is 15.7. The molecule has 0 aliphatic heterocycles. The van der Waals surface area contributed by atoms with Crippen LogP contribution in [0.4, 0.5) is 0 Å². The number of nitrogens with zero attached hydrogens (tertiary/aromatic N) is 2. The molecule has 0 saturated heterocycles. The van der Waals surface area contributed by atoms with E-state index in [2.05, 4.69) is 41.2 Å². The van der Waals surface area contributed by atoms with E-state index >= 15 is 0 Å². The summed E-state index contributed by atoms with van der Waals surface area (Å²) in [5.41, 5.74) is 4.83. The van der Waals surface area contributed by atoms with Crippen molar-refractivity contribution in [3.05, 3.63) is 35.4 Å². The molecule has 0 saturated carbocycles. The highest BCUT2D eigenvalue weighted by Crippen LogP contribution is 2.11. The van der Waals surface area contributed by atoms with E-state index in [0.29, 0.717) is 12.8 Å². The Kier molecular flexibility index (Phi) is 17.8. The van der Waals surface area contributed by atoms with Crippen LogP contribution in [0, 0.1) is 11.8 Å². The SMILES string of the molecule is CC(C)C[C@@H](CN)NC(=O)c1nc[nH]c1C(=O)N[C@@H](CC(C)C)C(=O)CNC[C@H](C)NC(=O)c1nc[nH]c1C(=O)N[C@@H](CC(=O)O)C(=O)O.Cl. The number of hydrogen-bond donors (Lipinski definition) is 10. The molecule has 4 amide bonds. The Morgan fingerprint density at radius 3 is 1.70 bits per heavy atom. The second-order valence-corrected chi connectivity index (χ2v) is 12.4. The average Bonchev–Trinajstić information content (AvgIpc) is 3.70. The number of aromatic nitrogens is 4. The van der Waals surface area contributed by atoms with Gasteiger partial charge in [-0.2, -0.15) is 0 Å². The summed E-state index contributed by atoms with van der Waals surface area (Å²) in [5, 5.41) is 31.1. The van der Waals surface area contributed by atoms with Crippen LogP contribution in [0.2, 0.25) is 0 Å². The number of H-pyrrole nitrogens is 2. The summed E-state index contributed by atoms with van der Waals surface area (Å²) in [7, 11) is 0. The molecule has 2 heterocycles. The molecule has 11 N–H and O–H groups in total. The molecule has 278 valence electrons. The van der Waals surface area contributed by atoms with Crippen LogP contribution in [-0.2, 0) is 14.4 Å². The number of imidazole rings is 2. The molecule has 0 bridgehead atoms. The first-order valence-corrected chi connectivity index (χ1v) is 15.7. The van der Waals surface area contributed by atoms with Gasteiger partial charge in [-0.25, -0.2) is 14.8 Å². The molecule has 20 heteroatoms. The first-order chi connectivity index (χ1) is 23.0. The number of halogens is 1. The van der Waals surface area contributed by atoms with Gasteiger partial charge < -0.3 is 52.5 Å². The van der Waals surface area contributed by atoms with Crippen LogP contribution >= 0.6 is 12.4 Å². The standard InChI is InChI=1S/C30H46N10O9.ClH/c1-14(2)6-17(9-31)38-27(45)23-25(36-13-34-23)28(46)39-18(7-15(3)4)20(41)11-32-10-16(5)37-26(44)22-24(35-12-33-22)29(47)40-19(30(48)49)8-21(42)43;/h12-19,32H,6-11,31H2,1-5H3,(H,33,35)(H,34,36)(H,37,44)(H,38,45)(H,39,46)(H,40,47)(H,42,43)(H,48,49);1H/t16-,17-,18-,19-;/m0./s1. The van der Waals surface area contributed by atoms with Crippen molar-refractivity contribution in [2.45, 2.75) is 78.0 Å². The molecule has 2 rings (SSSR count). The fourth-order valence-corrected chi connectivity index (χ4v) is 4.77. The molecule has 2 aromatic heterocycles. The van der Waals surface area contributed by atoms with E-state index in [1.807, 2.05) is 33.0 Å². The van der Waals surface area contributed by atoms with E-state index in [9.17, 15) is 38.7 Å². The molecule has 0 radical (unpaired) electrons. The summed E-state index contributed by atoms with van der Waals surface area (Å²) in [6.45, 7) is 9.49. The zero-order chi connectivity index (χ0) is 36.8. The number of carboxylic acid groups (broad SMARTS) is 2. The molecular weight excluding hydrogens is 680 g/mol. The minimum atomic E-state index is -1.74. The molecule has 0 unspecified atom stereocenters. The van der Waals surface area contributed by atoms with Gasteiger partial charge >= 0.3 is 11.9 Å². The smallest absolute Gasteiger partial charge is 0.326 e.